The van der Waals surface area contributed by atoms with E-state index in [0.717, 1.165) is 27.2 Å². The summed E-state index contributed by atoms with van der Waals surface area (Å²) in [5.74, 6) is 0.873. The van der Waals surface area contributed by atoms with E-state index < -0.39 is 0 Å². The Hall–Kier alpha value is -1.72. The van der Waals surface area contributed by atoms with Gasteiger partial charge in [-0.15, -0.1) is 22.7 Å². The Morgan fingerprint density at radius 1 is 0.957 bits per heavy atom. The molecular formula is C18H20N2OS2. The van der Waals surface area contributed by atoms with Crippen LogP contribution in [0, 0.1) is 6.92 Å². The van der Waals surface area contributed by atoms with E-state index in [1.165, 1.54) is 5.56 Å². The number of aromatic nitrogens is 2. The average molecular weight is 345 g/mol. The van der Waals surface area contributed by atoms with Crippen LogP contribution in [0.4, 0.5) is 0 Å². The van der Waals surface area contributed by atoms with Gasteiger partial charge >= 0.3 is 0 Å². The summed E-state index contributed by atoms with van der Waals surface area (Å²) in [5, 5.41) is 6.03. The monoisotopic (exact) mass is 344 g/mol. The average Bonchev–Trinajstić information content (AvgIpc) is 3.13. The Bertz CT molecular complexity index is 782. The molecule has 3 rings (SSSR count). The predicted molar refractivity (Wildman–Crippen MR) is 97.4 cm³/mol. The smallest absolute Gasteiger partial charge is 0.152 e. The SMILES string of the molecule is Cc1csc(-c2nc(COc3ccc(C(C)(C)C)cc3)cs2)n1. The van der Waals surface area contributed by atoms with Crippen molar-refractivity contribution in [3.8, 4) is 15.8 Å². The van der Waals surface area contributed by atoms with Crippen LogP contribution < -0.4 is 4.74 Å². The molecule has 3 nitrogen and oxygen atoms in total. The number of rotatable bonds is 4. The zero-order chi connectivity index (χ0) is 16.4. The van der Waals surface area contributed by atoms with Crippen molar-refractivity contribution in [2.75, 3.05) is 0 Å². The highest BCUT2D eigenvalue weighted by molar-refractivity contribution is 7.19. The number of benzene rings is 1. The topological polar surface area (TPSA) is 35.0 Å². The fraction of sp³-hybridized carbons (Fsp3) is 0.333. The lowest BCUT2D eigenvalue weighted by Crippen LogP contribution is -2.10. The van der Waals surface area contributed by atoms with Crippen LogP contribution in [0.15, 0.2) is 35.0 Å². The molecule has 0 saturated carbocycles. The lowest BCUT2D eigenvalue weighted by Gasteiger charge is -2.19. The van der Waals surface area contributed by atoms with Crippen LogP contribution in [0.1, 0.15) is 37.7 Å². The van der Waals surface area contributed by atoms with Crippen LogP contribution in [0.3, 0.4) is 0 Å². The van der Waals surface area contributed by atoms with Gasteiger partial charge in [0.15, 0.2) is 10.0 Å². The lowest BCUT2D eigenvalue weighted by molar-refractivity contribution is 0.302. The highest BCUT2D eigenvalue weighted by atomic mass is 32.1. The van der Waals surface area contributed by atoms with Gasteiger partial charge in [0.25, 0.3) is 0 Å². The molecule has 0 N–H and O–H groups in total. The quantitative estimate of drug-likeness (QED) is 0.631. The molecule has 0 saturated heterocycles. The van der Waals surface area contributed by atoms with E-state index >= 15 is 0 Å². The molecule has 0 radical (unpaired) electrons. The molecule has 0 amide bonds. The van der Waals surface area contributed by atoms with Crippen molar-refractivity contribution in [1.29, 1.82) is 0 Å². The first-order valence-corrected chi connectivity index (χ1v) is 9.28. The third-order valence-electron chi connectivity index (χ3n) is 3.46. The first kappa shape index (κ1) is 16.1. The fourth-order valence-electron chi connectivity index (χ4n) is 2.13. The highest BCUT2D eigenvalue weighted by Gasteiger charge is 2.13. The largest absolute Gasteiger partial charge is 0.487 e. The van der Waals surface area contributed by atoms with Crippen molar-refractivity contribution in [1.82, 2.24) is 9.97 Å². The maximum Gasteiger partial charge on any atom is 0.152 e. The Morgan fingerprint density at radius 2 is 1.61 bits per heavy atom. The van der Waals surface area contributed by atoms with E-state index in [1.807, 2.05) is 29.8 Å². The molecule has 1 aromatic carbocycles. The maximum absolute atomic E-state index is 5.84. The number of hydrogen-bond donors (Lipinski definition) is 0. The van der Waals surface area contributed by atoms with Gasteiger partial charge in [-0.25, -0.2) is 9.97 Å². The molecule has 2 aromatic heterocycles. The van der Waals surface area contributed by atoms with E-state index in [2.05, 4.69) is 42.9 Å². The van der Waals surface area contributed by atoms with Gasteiger partial charge in [-0.2, -0.15) is 0 Å². The number of thiazole rings is 2. The van der Waals surface area contributed by atoms with Crippen molar-refractivity contribution in [2.45, 2.75) is 39.7 Å². The fourth-order valence-corrected chi connectivity index (χ4v) is 3.78. The van der Waals surface area contributed by atoms with Crippen molar-refractivity contribution in [3.05, 3.63) is 52.0 Å². The van der Waals surface area contributed by atoms with E-state index in [1.54, 1.807) is 22.7 Å². The van der Waals surface area contributed by atoms with Crippen molar-refractivity contribution >= 4 is 22.7 Å². The number of hydrogen-bond acceptors (Lipinski definition) is 5. The minimum Gasteiger partial charge on any atom is -0.487 e. The van der Waals surface area contributed by atoms with Crippen LogP contribution in [-0.2, 0) is 12.0 Å². The van der Waals surface area contributed by atoms with Crippen LogP contribution >= 0.6 is 22.7 Å². The molecule has 0 aliphatic heterocycles. The Labute approximate surface area is 145 Å². The molecule has 2 heterocycles. The number of aryl methyl sites for hydroxylation is 1. The molecule has 0 fully saturated rings. The minimum atomic E-state index is 0.161. The zero-order valence-electron chi connectivity index (χ0n) is 13.8. The summed E-state index contributed by atoms with van der Waals surface area (Å²) >= 11 is 3.24. The molecule has 0 aliphatic rings. The lowest BCUT2D eigenvalue weighted by atomic mass is 9.87. The van der Waals surface area contributed by atoms with Gasteiger partial charge in [-0.3, -0.25) is 0 Å². The predicted octanol–water partition coefficient (Wildman–Crippen LogP) is 5.45. The molecule has 5 heteroatoms. The summed E-state index contributed by atoms with van der Waals surface area (Å²) in [7, 11) is 0. The van der Waals surface area contributed by atoms with Gasteiger partial charge in [0, 0.05) is 16.5 Å². The molecule has 120 valence electrons. The van der Waals surface area contributed by atoms with Crippen LogP contribution in [0.25, 0.3) is 10.0 Å². The molecule has 0 atom stereocenters. The Morgan fingerprint density at radius 3 is 2.22 bits per heavy atom. The molecule has 0 unspecified atom stereocenters. The second-order valence-electron chi connectivity index (χ2n) is 6.50. The van der Waals surface area contributed by atoms with E-state index in [4.69, 9.17) is 4.74 Å². The standard InChI is InChI=1S/C18H20N2OS2/c1-12-10-22-16(19-12)17-20-14(11-23-17)9-21-15-7-5-13(6-8-15)18(2,3)4/h5-8,10-11H,9H2,1-4H3. The summed E-state index contributed by atoms with van der Waals surface area (Å²) in [6, 6.07) is 8.30. The molecule has 23 heavy (non-hydrogen) atoms. The zero-order valence-corrected chi connectivity index (χ0v) is 15.4. The summed E-state index contributed by atoms with van der Waals surface area (Å²) in [5.41, 5.74) is 3.45. The first-order chi connectivity index (χ1) is 10.9. The van der Waals surface area contributed by atoms with Gasteiger partial charge in [0.2, 0.25) is 0 Å². The van der Waals surface area contributed by atoms with Gasteiger partial charge < -0.3 is 4.74 Å². The summed E-state index contributed by atoms with van der Waals surface area (Å²) in [6.07, 6.45) is 0. The number of nitrogens with zero attached hydrogens (tertiary/aromatic N) is 2. The molecule has 0 aliphatic carbocycles. The first-order valence-electron chi connectivity index (χ1n) is 7.52. The second kappa shape index (κ2) is 6.42. The third-order valence-corrected chi connectivity index (χ3v) is 5.45. The van der Waals surface area contributed by atoms with E-state index in [0.29, 0.717) is 6.61 Å². The molecular weight excluding hydrogens is 324 g/mol. The Balaban J connectivity index is 1.64. The van der Waals surface area contributed by atoms with Crippen LogP contribution in [0.2, 0.25) is 0 Å². The minimum absolute atomic E-state index is 0.161. The van der Waals surface area contributed by atoms with E-state index in [9.17, 15) is 0 Å². The molecule has 0 spiro atoms. The van der Waals surface area contributed by atoms with Crippen molar-refractivity contribution < 1.29 is 4.74 Å². The number of ether oxygens (including phenoxy) is 1. The molecule has 0 bridgehead atoms. The normalized spacial score (nSPS) is 11.7. The second-order valence-corrected chi connectivity index (χ2v) is 8.22. The summed E-state index contributed by atoms with van der Waals surface area (Å²) < 4.78 is 5.84. The third kappa shape index (κ3) is 3.98. The van der Waals surface area contributed by atoms with Crippen molar-refractivity contribution in [3.63, 3.8) is 0 Å². The van der Waals surface area contributed by atoms with Gasteiger partial charge in [0.1, 0.15) is 12.4 Å². The van der Waals surface area contributed by atoms with E-state index in [-0.39, 0.29) is 5.41 Å². The Kier molecular flexibility index (Phi) is 4.50. The van der Waals surface area contributed by atoms with Gasteiger partial charge in [0.05, 0.1) is 5.69 Å². The molecule has 3 aromatic rings. The van der Waals surface area contributed by atoms with Gasteiger partial charge in [-0.05, 0) is 30.0 Å². The van der Waals surface area contributed by atoms with Crippen LogP contribution in [0.5, 0.6) is 5.75 Å². The van der Waals surface area contributed by atoms with Crippen LogP contribution in [-0.4, -0.2) is 9.97 Å². The van der Waals surface area contributed by atoms with Gasteiger partial charge in [-0.1, -0.05) is 32.9 Å². The summed E-state index contributed by atoms with van der Waals surface area (Å²) in [4.78, 5) is 9.08. The maximum atomic E-state index is 5.84. The summed E-state index contributed by atoms with van der Waals surface area (Å²) in [6.45, 7) is 9.11. The van der Waals surface area contributed by atoms with Crippen molar-refractivity contribution in [2.24, 2.45) is 0 Å². The highest BCUT2D eigenvalue weighted by Crippen LogP contribution is 2.28.